The summed E-state index contributed by atoms with van der Waals surface area (Å²) in [6.45, 7) is 4.90. The highest BCUT2D eigenvalue weighted by Crippen LogP contribution is 2.30. The number of aromatic amines is 1. The number of thiazole rings is 1. The summed E-state index contributed by atoms with van der Waals surface area (Å²) in [5.41, 5.74) is 1.50. The Bertz CT molecular complexity index is 1380. The first kappa shape index (κ1) is 25.7. The molecule has 39 heavy (non-hydrogen) atoms. The van der Waals surface area contributed by atoms with E-state index in [2.05, 4.69) is 34.9 Å². The number of rotatable bonds is 5. The van der Waals surface area contributed by atoms with Crippen molar-refractivity contribution in [1.29, 1.82) is 0 Å². The fraction of sp³-hybridized carbons (Fsp3) is 0.500. The van der Waals surface area contributed by atoms with E-state index in [4.69, 9.17) is 0 Å². The summed E-state index contributed by atoms with van der Waals surface area (Å²) < 4.78 is 38.3. The van der Waals surface area contributed by atoms with Crippen LogP contribution in [0.4, 0.5) is 24.3 Å². The number of hydrogen-bond acceptors (Lipinski definition) is 10. The molecule has 0 atom stereocenters. The molecule has 206 valence electrons. The average Bonchev–Trinajstić information content (AvgIpc) is 3.46. The van der Waals surface area contributed by atoms with Gasteiger partial charge in [0.2, 0.25) is 11.9 Å². The minimum atomic E-state index is -4.48. The first-order valence-corrected chi connectivity index (χ1v) is 13.5. The van der Waals surface area contributed by atoms with Gasteiger partial charge in [0, 0.05) is 94.0 Å². The van der Waals surface area contributed by atoms with Crippen molar-refractivity contribution in [3.05, 3.63) is 56.7 Å². The van der Waals surface area contributed by atoms with E-state index in [1.807, 2.05) is 5.38 Å². The normalized spacial score (nSPS) is 18.7. The van der Waals surface area contributed by atoms with Crippen LogP contribution in [0.3, 0.4) is 0 Å². The predicted octanol–water partition coefficient (Wildman–Crippen LogP) is 1.38. The molecule has 0 bridgehead atoms. The number of aromatic nitrogens is 5. The summed E-state index contributed by atoms with van der Waals surface area (Å²) in [5.74, 6) is 0.185. The van der Waals surface area contributed by atoms with Gasteiger partial charge in [0.1, 0.15) is 0 Å². The van der Waals surface area contributed by atoms with Gasteiger partial charge in [0.15, 0.2) is 5.13 Å². The molecule has 3 aromatic rings. The number of likely N-dealkylation sites (tertiary alicyclic amines) is 1. The maximum atomic E-state index is 13.1. The van der Waals surface area contributed by atoms with Gasteiger partial charge < -0.3 is 14.7 Å². The summed E-state index contributed by atoms with van der Waals surface area (Å²) in [5, 5.41) is 9.84. The number of alkyl halides is 3. The zero-order valence-corrected chi connectivity index (χ0v) is 21.7. The average molecular weight is 562 g/mol. The minimum absolute atomic E-state index is 0.0747. The molecule has 1 amide bonds. The quantitative estimate of drug-likeness (QED) is 0.494. The van der Waals surface area contributed by atoms with Crippen LogP contribution in [0, 0.1) is 5.92 Å². The molecule has 3 aromatic heterocycles. The zero-order chi connectivity index (χ0) is 27.1. The monoisotopic (exact) mass is 561 g/mol. The minimum Gasteiger partial charge on any atom is -0.343 e. The molecule has 6 heterocycles. The van der Waals surface area contributed by atoms with Gasteiger partial charge in [-0.3, -0.25) is 14.5 Å². The maximum Gasteiger partial charge on any atom is 0.419 e. The van der Waals surface area contributed by atoms with Crippen molar-refractivity contribution in [1.82, 2.24) is 34.9 Å². The lowest BCUT2D eigenvalue weighted by Crippen LogP contribution is -2.57. The van der Waals surface area contributed by atoms with Gasteiger partial charge in [-0.2, -0.15) is 18.3 Å². The van der Waals surface area contributed by atoms with Gasteiger partial charge in [-0.15, -0.1) is 11.3 Å². The Morgan fingerprint density at radius 2 is 1.77 bits per heavy atom. The van der Waals surface area contributed by atoms with Crippen LogP contribution in [-0.2, 0) is 30.5 Å². The molecule has 0 aromatic carbocycles. The predicted molar refractivity (Wildman–Crippen MR) is 136 cm³/mol. The van der Waals surface area contributed by atoms with Crippen LogP contribution in [0.5, 0.6) is 0 Å². The van der Waals surface area contributed by atoms with Crippen LogP contribution in [0.2, 0.25) is 0 Å². The summed E-state index contributed by atoms with van der Waals surface area (Å²) in [6.07, 6.45) is -0.507. The third kappa shape index (κ3) is 5.20. The summed E-state index contributed by atoms with van der Waals surface area (Å²) in [7, 11) is 0. The van der Waals surface area contributed by atoms with Gasteiger partial charge >= 0.3 is 6.18 Å². The third-order valence-electron chi connectivity index (χ3n) is 7.47. The SMILES string of the molecule is O=C(C1CN(Cc2n[nH]c(=O)c3c2CN(c2nccs2)CC3)C1)N1CCN(c2ncc(C(F)(F)F)cn2)CC1. The van der Waals surface area contributed by atoms with Crippen LogP contribution in [0.1, 0.15) is 22.4 Å². The first-order chi connectivity index (χ1) is 18.8. The van der Waals surface area contributed by atoms with E-state index in [0.29, 0.717) is 58.8 Å². The summed E-state index contributed by atoms with van der Waals surface area (Å²) in [6, 6.07) is 0. The molecule has 3 aliphatic heterocycles. The number of amides is 1. The lowest BCUT2D eigenvalue weighted by atomic mass is 9.95. The smallest absolute Gasteiger partial charge is 0.343 e. The molecular weight excluding hydrogens is 535 g/mol. The lowest BCUT2D eigenvalue weighted by Gasteiger charge is -2.43. The van der Waals surface area contributed by atoms with Crippen molar-refractivity contribution in [2.45, 2.75) is 25.7 Å². The Balaban J connectivity index is 1.02. The fourth-order valence-corrected chi connectivity index (χ4v) is 5.95. The highest BCUT2D eigenvalue weighted by molar-refractivity contribution is 7.13. The third-order valence-corrected chi connectivity index (χ3v) is 8.30. The van der Waals surface area contributed by atoms with Crippen LogP contribution >= 0.6 is 11.3 Å². The van der Waals surface area contributed by atoms with Gasteiger partial charge in [-0.1, -0.05) is 0 Å². The second-order valence-corrected chi connectivity index (χ2v) is 10.8. The molecule has 2 saturated heterocycles. The molecule has 0 radical (unpaired) electrons. The van der Waals surface area contributed by atoms with Gasteiger partial charge in [0.05, 0.1) is 17.2 Å². The molecule has 3 aliphatic rings. The molecular formula is C24H26F3N9O2S. The van der Waals surface area contributed by atoms with E-state index in [9.17, 15) is 22.8 Å². The molecule has 6 rings (SSSR count). The molecule has 2 fully saturated rings. The van der Waals surface area contributed by atoms with Gasteiger partial charge in [-0.25, -0.2) is 20.1 Å². The summed E-state index contributed by atoms with van der Waals surface area (Å²) in [4.78, 5) is 45.5. The standard InChI is InChI=1S/C24H26F3N9O2S/c25-24(26,27)16-9-29-22(30-10-16)35-6-4-34(5-7-35)21(38)15-11-33(12-15)14-19-18-13-36(23-28-2-8-39-23)3-1-17(18)20(37)32-31-19/h2,8-10,15H,1,3-7,11-14H2,(H,32,37). The van der Waals surface area contributed by atoms with Crippen molar-refractivity contribution in [2.75, 3.05) is 55.6 Å². The van der Waals surface area contributed by atoms with Crippen LogP contribution in [-0.4, -0.2) is 86.7 Å². The van der Waals surface area contributed by atoms with E-state index in [1.54, 1.807) is 27.3 Å². The molecule has 15 heteroatoms. The van der Waals surface area contributed by atoms with Gasteiger partial charge in [0.25, 0.3) is 5.56 Å². The number of nitrogens with zero attached hydrogens (tertiary/aromatic N) is 8. The van der Waals surface area contributed by atoms with Crippen molar-refractivity contribution in [2.24, 2.45) is 5.92 Å². The topological polar surface area (TPSA) is 114 Å². The lowest BCUT2D eigenvalue weighted by molar-refractivity contribution is -0.142. The number of hydrogen-bond donors (Lipinski definition) is 1. The highest BCUT2D eigenvalue weighted by Gasteiger charge is 2.38. The molecule has 0 aliphatic carbocycles. The second kappa shape index (κ2) is 10.2. The summed E-state index contributed by atoms with van der Waals surface area (Å²) >= 11 is 1.57. The van der Waals surface area contributed by atoms with Gasteiger partial charge in [-0.05, 0) is 6.42 Å². The molecule has 0 unspecified atom stereocenters. The second-order valence-electron chi connectivity index (χ2n) is 9.92. The largest absolute Gasteiger partial charge is 0.419 e. The van der Waals surface area contributed by atoms with E-state index >= 15 is 0 Å². The van der Waals surface area contributed by atoms with Crippen LogP contribution in [0.25, 0.3) is 0 Å². The molecule has 0 spiro atoms. The number of piperazine rings is 1. The molecule has 1 N–H and O–H groups in total. The van der Waals surface area contributed by atoms with Crippen molar-refractivity contribution >= 4 is 28.3 Å². The number of carbonyl (C=O) groups is 1. The van der Waals surface area contributed by atoms with Crippen molar-refractivity contribution in [3.8, 4) is 0 Å². The number of halogens is 3. The number of H-pyrrole nitrogens is 1. The van der Waals surface area contributed by atoms with E-state index in [1.165, 1.54) is 0 Å². The van der Waals surface area contributed by atoms with E-state index in [-0.39, 0.29) is 23.3 Å². The maximum absolute atomic E-state index is 13.1. The van der Waals surface area contributed by atoms with E-state index < -0.39 is 11.7 Å². The Morgan fingerprint density at radius 3 is 2.44 bits per heavy atom. The zero-order valence-electron chi connectivity index (χ0n) is 20.9. The van der Waals surface area contributed by atoms with Crippen molar-refractivity contribution < 1.29 is 18.0 Å². The fourth-order valence-electron chi connectivity index (χ4n) is 5.28. The Labute approximate surface area is 225 Å². The van der Waals surface area contributed by atoms with Crippen LogP contribution < -0.4 is 15.4 Å². The van der Waals surface area contributed by atoms with Crippen LogP contribution in [0.15, 0.2) is 28.8 Å². The first-order valence-electron chi connectivity index (χ1n) is 12.7. The Morgan fingerprint density at radius 1 is 1.03 bits per heavy atom. The van der Waals surface area contributed by atoms with E-state index in [0.717, 1.165) is 40.9 Å². The number of anilines is 2. The van der Waals surface area contributed by atoms with Crippen molar-refractivity contribution in [3.63, 3.8) is 0 Å². The molecule has 11 nitrogen and oxygen atoms in total. The highest BCUT2D eigenvalue weighted by atomic mass is 32.1. The number of fused-ring (bicyclic) bond motifs is 1. The number of nitrogens with one attached hydrogen (secondary N) is 1. The Kier molecular flexibility index (Phi) is 6.71. The molecule has 0 saturated carbocycles. The number of carbonyl (C=O) groups excluding carboxylic acids is 1. The Hall–Kier alpha value is -3.59.